The molecule has 0 aliphatic rings. The van der Waals surface area contributed by atoms with Crippen molar-refractivity contribution in [3.8, 4) is 0 Å². The highest BCUT2D eigenvalue weighted by Gasteiger charge is 2.08. The van der Waals surface area contributed by atoms with Crippen LogP contribution in [0.4, 0.5) is 4.39 Å². The smallest absolute Gasteiger partial charge is 0.211 e. The van der Waals surface area contributed by atoms with Gasteiger partial charge in [-0.2, -0.15) is 5.10 Å². The lowest BCUT2D eigenvalue weighted by Crippen LogP contribution is -2.21. The number of hydrogen-bond acceptors (Lipinski definition) is 2. The van der Waals surface area contributed by atoms with Crippen molar-refractivity contribution in [3.05, 3.63) is 33.6 Å². The minimum Gasteiger partial charge on any atom is -0.369 e. The molecule has 0 heterocycles. The first-order valence-corrected chi connectivity index (χ1v) is 4.53. The highest BCUT2D eigenvalue weighted by Crippen LogP contribution is 2.25. The minimum atomic E-state index is -0.702. The normalized spacial score (nSPS) is 10.6. The monoisotopic (exact) mass is 248 g/mol. The maximum atomic E-state index is 13.2. The van der Waals surface area contributed by atoms with Crippen LogP contribution in [0.3, 0.4) is 0 Å². The Morgan fingerprint density at radius 1 is 1.33 bits per heavy atom. The fourth-order valence-electron chi connectivity index (χ4n) is 0.798. The van der Waals surface area contributed by atoms with Crippen molar-refractivity contribution in [2.24, 2.45) is 21.7 Å². The average Bonchev–Trinajstić information content (AvgIpc) is 2.18. The Morgan fingerprint density at radius 2 is 2.00 bits per heavy atom. The van der Waals surface area contributed by atoms with Crippen molar-refractivity contribution in [3.63, 3.8) is 0 Å². The standard InChI is InChI=1S/C8H7Cl2FN4/c9-5-2-1-4(6(10)7(5)11)3-14-15-8(12)13/h1-3H,(H4,12,13,15)/b14-3+. The predicted octanol–water partition coefficient (Wildman–Crippen LogP) is 1.74. The summed E-state index contributed by atoms with van der Waals surface area (Å²) >= 11 is 11.2. The predicted molar refractivity (Wildman–Crippen MR) is 59.8 cm³/mol. The molecular formula is C8H7Cl2FN4. The lowest BCUT2D eigenvalue weighted by molar-refractivity contribution is 0.628. The van der Waals surface area contributed by atoms with Gasteiger partial charge in [0, 0.05) is 5.56 Å². The van der Waals surface area contributed by atoms with Crippen molar-refractivity contribution >= 4 is 35.4 Å². The molecule has 0 atom stereocenters. The van der Waals surface area contributed by atoms with E-state index in [1.807, 2.05) is 0 Å². The van der Waals surface area contributed by atoms with Gasteiger partial charge in [-0.15, -0.1) is 5.10 Å². The van der Waals surface area contributed by atoms with Gasteiger partial charge in [-0.1, -0.05) is 29.3 Å². The molecule has 0 aliphatic heterocycles. The Balaban J connectivity index is 3.02. The quantitative estimate of drug-likeness (QED) is 0.362. The van der Waals surface area contributed by atoms with E-state index in [9.17, 15) is 4.39 Å². The minimum absolute atomic E-state index is 0.0565. The summed E-state index contributed by atoms with van der Waals surface area (Å²) in [5.41, 5.74) is 10.4. The molecule has 15 heavy (non-hydrogen) atoms. The fraction of sp³-hybridized carbons (Fsp3) is 0. The number of nitrogens with zero attached hydrogens (tertiary/aromatic N) is 2. The highest BCUT2D eigenvalue weighted by atomic mass is 35.5. The van der Waals surface area contributed by atoms with E-state index in [0.29, 0.717) is 5.56 Å². The molecule has 1 aromatic rings. The van der Waals surface area contributed by atoms with E-state index in [1.165, 1.54) is 18.3 Å². The van der Waals surface area contributed by atoms with E-state index in [-0.39, 0.29) is 16.0 Å². The summed E-state index contributed by atoms with van der Waals surface area (Å²) < 4.78 is 13.2. The second-order valence-electron chi connectivity index (χ2n) is 2.53. The van der Waals surface area contributed by atoms with Gasteiger partial charge >= 0.3 is 0 Å². The molecule has 0 aliphatic carbocycles. The molecule has 1 aromatic carbocycles. The average molecular weight is 249 g/mol. The van der Waals surface area contributed by atoms with Crippen molar-refractivity contribution in [1.29, 1.82) is 0 Å². The Labute approximate surface area is 95.4 Å². The van der Waals surface area contributed by atoms with Gasteiger partial charge < -0.3 is 11.5 Å². The Hall–Kier alpha value is -1.33. The number of rotatable bonds is 2. The number of guanidine groups is 1. The number of halogens is 3. The molecule has 0 aromatic heterocycles. The van der Waals surface area contributed by atoms with E-state index >= 15 is 0 Å². The van der Waals surface area contributed by atoms with Crippen molar-refractivity contribution in [2.75, 3.05) is 0 Å². The lowest BCUT2D eigenvalue weighted by atomic mass is 10.2. The molecule has 0 saturated heterocycles. The van der Waals surface area contributed by atoms with Crippen LogP contribution in [0.2, 0.25) is 10.0 Å². The molecule has 1 rings (SSSR count). The van der Waals surface area contributed by atoms with Gasteiger partial charge in [-0.05, 0) is 6.07 Å². The first-order valence-electron chi connectivity index (χ1n) is 3.78. The van der Waals surface area contributed by atoms with Gasteiger partial charge in [-0.25, -0.2) is 4.39 Å². The van der Waals surface area contributed by atoms with Crippen LogP contribution in [0.5, 0.6) is 0 Å². The summed E-state index contributed by atoms with van der Waals surface area (Å²) in [7, 11) is 0. The van der Waals surface area contributed by atoms with Crippen LogP contribution >= 0.6 is 23.2 Å². The van der Waals surface area contributed by atoms with Crippen molar-refractivity contribution < 1.29 is 4.39 Å². The fourth-order valence-corrected chi connectivity index (χ4v) is 1.22. The van der Waals surface area contributed by atoms with Gasteiger partial charge in [0.05, 0.1) is 16.3 Å². The molecule has 80 valence electrons. The number of nitrogens with two attached hydrogens (primary N) is 2. The van der Waals surface area contributed by atoms with Gasteiger partial charge in [0.15, 0.2) is 5.82 Å². The highest BCUT2D eigenvalue weighted by molar-refractivity contribution is 6.36. The maximum Gasteiger partial charge on any atom is 0.211 e. The number of benzene rings is 1. The first-order chi connectivity index (χ1) is 7.02. The van der Waals surface area contributed by atoms with Crippen LogP contribution in [0.1, 0.15) is 5.56 Å². The second-order valence-corrected chi connectivity index (χ2v) is 3.32. The summed E-state index contributed by atoms with van der Waals surface area (Å²) in [5, 5.41) is 6.65. The van der Waals surface area contributed by atoms with Gasteiger partial charge in [0.2, 0.25) is 5.96 Å². The summed E-state index contributed by atoms with van der Waals surface area (Å²) in [4.78, 5) is 0. The Bertz CT molecular complexity index is 427. The molecule has 0 amide bonds. The maximum absolute atomic E-state index is 13.2. The van der Waals surface area contributed by atoms with Crippen LogP contribution in [0.25, 0.3) is 0 Å². The topological polar surface area (TPSA) is 76.8 Å². The molecule has 4 N–H and O–H groups in total. The summed E-state index contributed by atoms with van der Waals surface area (Å²) in [6, 6.07) is 2.86. The third kappa shape index (κ3) is 3.07. The zero-order chi connectivity index (χ0) is 11.4. The summed E-state index contributed by atoms with van der Waals surface area (Å²) in [6.45, 7) is 0. The lowest BCUT2D eigenvalue weighted by Gasteiger charge is -1.99. The second kappa shape index (κ2) is 4.95. The van der Waals surface area contributed by atoms with Crippen LogP contribution < -0.4 is 11.5 Å². The van der Waals surface area contributed by atoms with Gasteiger partial charge in [0.25, 0.3) is 0 Å². The molecule has 0 radical (unpaired) electrons. The van der Waals surface area contributed by atoms with Gasteiger partial charge in [0.1, 0.15) is 0 Å². The van der Waals surface area contributed by atoms with Crippen molar-refractivity contribution in [2.45, 2.75) is 0 Å². The van der Waals surface area contributed by atoms with Crippen molar-refractivity contribution in [1.82, 2.24) is 0 Å². The molecule has 0 bridgehead atoms. The molecule has 0 saturated carbocycles. The van der Waals surface area contributed by atoms with Gasteiger partial charge in [-0.3, -0.25) is 0 Å². The van der Waals surface area contributed by atoms with Crippen LogP contribution in [0, 0.1) is 5.82 Å². The molecular weight excluding hydrogens is 242 g/mol. The zero-order valence-electron chi connectivity index (χ0n) is 7.42. The largest absolute Gasteiger partial charge is 0.369 e. The molecule has 4 nitrogen and oxygen atoms in total. The van der Waals surface area contributed by atoms with Crippen LogP contribution in [0.15, 0.2) is 22.3 Å². The van der Waals surface area contributed by atoms with E-state index < -0.39 is 5.82 Å². The first kappa shape index (κ1) is 11.7. The van der Waals surface area contributed by atoms with Crippen LogP contribution in [-0.2, 0) is 0 Å². The zero-order valence-corrected chi connectivity index (χ0v) is 8.93. The molecule has 0 spiro atoms. The van der Waals surface area contributed by atoms with E-state index in [2.05, 4.69) is 10.2 Å². The van der Waals surface area contributed by atoms with E-state index in [1.54, 1.807) is 0 Å². The third-order valence-electron chi connectivity index (χ3n) is 1.44. The number of hydrogen-bond donors (Lipinski definition) is 2. The van der Waals surface area contributed by atoms with Crippen LogP contribution in [-0.4, -0.2) is 12.2 Å². The van der Waals surface area contributed by atoms with E-state index in [0.717, 1.165) is 0 Å². The molecule has 7 heteroatoms. The van der Waals surface area contributed by atoms with E-state index in [4.69, 9.17) is 34.7 Å². The Kier molecular flexibility index (Phi) is 3.88. The summed E-state index contributed by atoms with van der Waals surface area (Å²) in [5.74, 6) is -0.899. The summed E-state index contributed by atoms with van der Waals surface area (Å²) in [6.07, 6.45) is 1.22. The Morgan fingerprint density at radius 3 is 2.60 bits per heavy atom. The SMILES string of the molecule is NC(N)=N/N=C/c1ccc(Cl)c(F)c1Cl. The molecule has 0 fully saturated rings. The third-order valence-corrected chi connectivity index (χ3v) is 2.11. The molecule has 0 unspecified atom stereocenters.